The monoisotopic (exact) mass is 982 g/mol. The predicted octanol–water partition coefficient (Wildman–Crippen LogP) is 6.25. The third-order valence-corrected chi connectivity index (χ3v) is 14.1. The fourth-order valence-corrected chi connectivity index (χ4v) is 9.97. The smallest absolute Gasteiger partial charge is 0.251 e. The molecule has 0 bridgehead atoms. The normalized spacial score (nSPS) is 15.4. The Morgan fingerprint density at radius 1 is 0.957 bits per heavy atom. The Labute approximate surface area is 401 Å². The van der Waals surface area contributed by atoms with Crippen LogP contribution in [-0.2, 0) is 31.0 Å². The van der Waals surface area contributed by atoms with Crippen LogP contribution in [0, 0.1) is 24.0 Å². The van der Waals surface area contributed by atoms with Crippen molar-refractivity contribution in [2.45, 2.75) is 78.6 Å². The summed E-state index contributed by atoms with van der Waals surface area (Å²) in [4.78, 5) is 81.4. The molecular weight excluding hydrogens is 931 g/mol. The number of nitrogens with zero attached hydrogens (tertiary/aromatic N) is 3. The second-order valence-electron chi connectivity index (χ2n) is 17.9. The molecule has 6 aromatic rings. The van der Waals surface area contributed by atoms with Gasteiger partial charge in [0, 0.05) is 66.9 Å². The number of β-amino-alcohol motifs (C(OH)–C–C–N with tert-alkyl or cyclic N) is 1. The van der Waals surface area contributed by atoms with E-state index in [4.69, 9.17) is 0 Å². The molecule has 20 heteroatoms. The van der Waals surface area contributed by atoms with Crippen molar-refractivity contribution < 1.29 is 46.3 Å². The number of hydrogen-bond donors (Lipinski definition) is 6. The zero-order valence-corrected chi connectivity index (χ0v) is 40.1. The second kappa shape index (κ2) is 20.8. The van der Waals surface area contributed by atoms with Gasteiger partial charge >= 0.3 is 0 Å². The molecule has 3 atom stereocenters. The van der Waals surface area contributed by atoms with Gasteiger partial charge in [-0.25, -0.2) is 27.2 Å². The molecule has 0 aliphatic carbocycles. The van der Waals surface area contributed by atoms with Crippen LogP contribution in [0.1, 0.15) is 84.5 Å². The Kier molecular flexibility index (Phi) is 15.0. The van der Waals surface area contributed by atoms with Crippen LogP contribution in [0.5, 0.6) is 0 Å². The standard InChI is InChI=1S/C49H52F2N8O8S2/c1-6-19-69(66,67)58-37-16-15-36(50)40(41(37)51)42(62)35-24-54-45-34(35)20-32(23-53-45)29-11-13-31(14-12-29)46(63)52-18-17-39(61)57-44(49(3,4)5)48(65)59-25-33(60)21-38(59)47(64)55-22-28-7-9-30(10-8-28)43-27(2)56-26-68-43/h7-16,20,23-24,26,33,38,44,58,60H,6,17-19,21-22,25H2,1-5H3,(H,52,63)(H,53,54)(H,55,64)(H,57,61)/t33-,38+,44-/m1/s1. The number of hydrogen-bond acceptors (Lipinski definition) is 11. The number of thiazole rings is 1. The zero-order chi connectivity index (χ0) is 49.8. The van der Waals surface area contributed by atoms with Gasteiger partial charge in [-0.05, 0) is 65.8 Å². The largest absolute Gasteiger partial charge is 0.391 e. The predicted molar refractivity (Wildman–Crippen MR) is 258 cm³/mol. The van der Waals surface area contributed by atoms with Crippen LogP contribution in [0.4, 0.5) is 14.5 Å². The lowest BCUT2D eigenvalue weighted by Crippen LogP contribution is -2.57. The number of anilines is 1. The molecule has 3 aromatic heterocycles. The number of sulfonamides is 1. The number of aryl methyl sites for hydroxylation is 1. The summed E-state index contributed by atoms with van der Waals surface area (Å²) in [6, 6.07) is 15.4. The first kappa shape index (κ1) is 50.0. The average molecular weight is 983 g/mol. The number of carbonyl (C=O) groups excluding carboxylic acids is 5. The third kappa shape index (κ3) is 11.5. The number of fused-ring (bicyclic) bond motifs is 1. The van der Waals surface area contributed by atoms with Crippen LogP contribution >= 0.6 is 11.3 Å². The van der Waals surface area contributed by atoms with E-state index in [1.54, 1.807) is 74.9 Å². The highest BCUT2D eigenvalue weighted by Gasteiger charge is 2.44. The molecule has 4 heterocycles. The number of halogens is 2. The molecule has 69 heavy (non-hydrogen) atoms. The highest BCUT2D eigenvalue weighted by atomic mass is 32.2. The third-order valence-electron chi connectivity index (χ3n) is 11.7. The van der Waals surface area contributed by atoms with Crippen molar-refractivity contribution in [1.29, 1.82) is 0 Å². The number of aromatic nitrogens is 3. The molecule has 1 saturated heterocycles. The summed E-state index contributed by atoms with van der Waals surface area (Å²) >= 11 is 1.54. The van der Waals surface area contributed by atoms with Crippen molar-refractivity contribution >= 4 is 67.5 Å². The SMILES string of the molecule is CCCS(=O)(=O)Nc1ccc(F)c(C(=O)c2c[nH]c3ncc(-c4ccc(C(=O)NCCC(=O)N[C@H](C(=O)N5C[C@H](O)C[C@H]5C(=O)NCc5ccc(-c6scnc6C)cc5)C(C)(C)C)cc4)cc23)c1F. The summed E-state index contributed by atoms with van der Waals surface area (Å²) in [6.45, 7) is 8.95. The second-order valence-corrected chi connectivity index (χ2v) is 20.6. The van der Waals surface area contributed by atoms with E-state index >= 15 is 4.39 Å². The van der Waals surface area contributed by atoms with Crippen LogP contribution in [0.25, 0.3) is 32.6 Å². The van der Waals surface area contributed by atoms with Crippen molar-refractivity contribution in [2.75, 3.05) is 23.6 Å². The van der Waals surface area contributed by atoms with Crippen molar-refractivity contribution in [3.63, 3.8) is 0 Å². The van der Waals surface area contributed by atoms with Gasteiger partial charge in [0.1, 0.15) is 23.5 Å². The summed E-state index contributed by atoms with van der Waals surface area (Å²) in [7, 11) is -3.94. The molecule has 0 unspecified atom stereocenters. The molecule has 362 valence electrons. The number of aromatic amines is 1. The highest BCUT2D eigenvalue weighted by molar-refractivity contribution is 7.92. The Morgan fingerprint density at radius 2 is 1.67 bits per heavy atom. The maximum atomic E-state index is 15.5. The van der Waals surface area contributed by atoms with Crippen LogP contribution in [0.15, 0.2) is 84.6 Å². The molecule has 0 spiro atoms. The fourth-order valence-electron chi connectivity index (χ4n) is 8.03. The molecular formula is C49H52F2N8O8S2. The van der Waals surface area contributed by atoms with Gasteiger partial charge in [0.25, 0.3) is 5.91 Å². The number of H-pyrrole nitrogens is 1. The maximum absolute atomic E-state index is 15.5. The van der Waals surface area contributed by atoms with Gasteiger partial charge in [-0.3, -0.25) is 28.7 Å². The van der Waals surface area contributed by atoms with Crippen molar-refractivity contribution in [3.8, 4) is 21.6 Å². The number of aliphatic hydroxyl groups excluding tert-OH is 1. The van der Waals surface area contributed by atoms with Crippen molar-refractivity contribution in [3.05, 3.63) is 124 Å². The first-order chi connectivity index (χ1) is 32.7. The Morgan fingerprint density at radius 3 is 2.33 bits per heavy atom. The number of ketones is 1. The number of pyridine rings is 1. The topological polar surface area (TPSA) is 233 Å². The summed E-state index contributed by atoms with van der Waals surface area (Å²) < 4.78 is 57.2. The molecule has 0 radical (unpaired) electrons. The van der Waals surface area contributed by atoms with E-state index in [0.717, 1.165) is 33.8 Å². The van der Waals surface area contributed by atoms with Crippen LogP contribution in [0.3, 0.4) is 0 Å². The van der Waals surface area contributed by atoms with Gasteiger partial charge in [0.2, 0.25) is 33.5 Å². The van der Waals surface area contributed by atoms with E-state index in [1.807, 2.05) is 31.2 Å². The van der Waals surface area contributed by atoms with Crippen molar-refractivity contribution in [1.82, 2.24) is 35.8 Å². The van der Waals surface area contributed by atoms with Gasteiger partial charge in [-0.15, -0.1) is 11.3 Å². The number of amides is 4. The number of rotatable bonds is 17. The number of aliphatic hydroxyl groups is 1. The lowest BCUT2D eigenvalue weighted by Gasteiger charge is -2.35. The number of nitrogens with one attached hydrogen (secondary N) is 5. The van der Waals surface area contributed by atoms with E-state index in [1.165, 1.54) is 17.3 Å². The molecule has 7 rings (SSSR count). The summed E-state index contributed by atoms with van der Waals surface area (Å²) in [5.41, 5.74) is 3.79. The molecule has 1 fully saturated rings. The van der Waals surface area contributed by atoms with Gasteiger partial charge in [0.15, 0.2) is 5.82 Å². The van der Waals surface area contributed by atoms with E-state index < -0.39 is 85.9 Å². The minimum absolute atomic E-state index is 0.0378. The van der Waals surface area contributed by atoms with E-state index in [2.05, 4.69) is 35.6 Å². The van der Waals surface area contributed by atoms with E-state index in [0.29, 0.717) is 11.1 Å². The minimum Gasteiger partial charge on any atom is -0.391 e. The Balaban J connectivity index is 0.941. The van der Waals surface area contributed by atoms with Crippen molar-refractivity contribution in [2.24, 2.45) is 5.41 Å². The van der Waals surface area contributed by atoms with Gasteiger partial charge in [-0.2, -0.15) is 0 Å². The molecule has 1 aliphatic rings. The quantitative estimate of drug-likeness (QED) is 0.0563. The molecule has 16 nitrogen and oxygen atoms in total. The van der Waals surface area contributed by atoms with Crippen LogP contribution in [0.2, 0.25) is 0 Å². The van der Waals surface area contributed by atoms with E-state index in [-0.39, 0.29) is 66.8 Å². The minimum atomic E-state index is -3.94. The zero-order valence-electron chi connectivity index (χ0n) is 38.5. The fraction of sp³-hybridized carbons (Fsp3) is 0.327. The molecule has 4 amide bonds. The van der Waals surface area contributed by atoms with Gasteiger partial charge in [-0.1, -0.05) is 64.1 Å². The first-order valence-electron chi connectivity index (χ1n) is 22.2. The summed E-state index contributed by atoms with van der Waals surface area (Å²) in [6.07, 6.45) is 1.95. The summed E-state index contributed by atoms with van der Waals surface area (Å²) in [5.74, 6) is -5.82. The van der Waals surface area contributed by atoms with Crippen LogP contribution < -0.4 is 20.7 Å². The van der Waals surface area contributed by atoms with Gasteiger partial charge in [0.05, 0.1) is 39.2 Å². The highest BCUT2D eigenvalue weighted by Crippen LogP contribution is 2.31. The number of benzene rings is 3. The van der Waals surface area contributed by atoms with Gasteiger partial charge < -0.3 is 30.9 Å². The Hall–Kier alpha value is -6.90. The molecule has 0 saturated carbocycles. The Bertz CT molecular complexity index is 3030. The molecule has 3 aromatic carbocycles. The lowest BCUT2D eigenvalue weighted by molar-refractivity contribution is -0.144. The lowest BCUT2D eigenvalue weighted by atomic mass is 9.85. The summed E-state index contributed by atoms with van der Waals surface area (Å²) in [5, 5.41) is 19.2. The maximum Gasteiger partial charge on any atom is 0.251 e. The van der Waals surface area contributed by atoms with E-state index in [9.17, 15) is 41.9 Å². The number of likely N-dealkylation sites (tertiary alicyclic amines) is 1. The average Bonchev–Trinajstić information content (AvgIpc) is 4.05. The first-order valence-corrected chi connectivity index (χ1v) is 24.7. The number of carbonyl (C=O) groups is 5. The molecule has 6 N–H and O–H groups in total. The molecule has 1 aliphatic heterocycles. The van der Waals surface area contributed by atoms with Crippen LogP contribution in [-0.4, -0.2) is 99.8 Å².